The number of aldehydes is 1. The largest absolute Gasteiger partial charge is 0.463 e. The van der Waals surface area contributed by atoms with Crippen molar-refractivity contribution in [3.63, 3.8) is 0 Å². The van der Waals surface area contributed by atoms with Crippen molar-refractivity contribution in [2.24, 2.45) is 0 Å². The van der Waals surface area contributed by atoms with Crippen LogP contribution in [0.5, 0.6) is 0 Å². The topological polar surface area (TPSA) is 41.6 Å². The minimum absolute atomic E-state index is 0.419. The first-order valence-corrected chi connectivity index (χ1v) is 3.43. The normalized spacial score (nSPS) is 27.5. The molecule has 0 spiro atoms. The molecule has 0 bridgehead atoms. The molecular formula is C7H8N2O2. The van der Waals surface area contributed by atoms with E-state index in [0.717, 1.165) is 12.8 Å². The lowest BCUT2D eigenvalue weighted by Gasteiger charge is -2.24. The van der Waals surface area contributed by atoms with Crippen molar-refractivity contribution < 1.29 is 9.53 Å². The summed E-state index contributed by atoms with van der Waals surface area (Å²) in [7, 11) is 0. The second kappa shape index (κ2) is 2.39. The number of nitrogens with one attached hydrogen (secondary N) is 1. The maximum absolute atomic E-state index is 10.3. The van der Waals surface area contributed by atoms with E-state index in [1.54, 1.807) is 17.3 Å². The first-order chi connectivity index (χ1) is 5.40. The third-order valence-electron chi connectivity index (χ3n) is 1.59. The van der Waals surface area contributed by atoms with Gasteiger partial charge in [-0.2, -0.15) is 0 Å². The molecule has 0 aromatic rings. The summed E-state index contributed by atoms with van der Waals surface area (Å²) in [6.07, 6.45) is 5.73. The van der Waals surface area contributed by atoms with E-state index in [9.17, 15) is 4.79 Å². The maximum Gasteiger partial charge on any atom is 0.206 e. The van der Waals surface area contributed by atoms with Crippen LogP contribution in [0.4, 0.5) is 0 Å². The Morgan fingerprint density at radius 2 is 2.73 bits per heavy atom. The number of carbonyl (C=O) groups excluding carboxylic acids is 1. The first-order valence-electron chi connectivity index (χ1n) is 3.43. The van der Waals surface area contributed by atoms with Gasteiger partial charge in [-0.15, -0.1) is 0 Å². The molecule has 0 aliphatic carbocycles. The number of hydrogen-bond donors (Lipinski definition) is 1. The lowest BCUT2D eigenvalue weighted by atomic mass is 10.3. The molecule has 58 valence electrons. The summed E-state index contributed by atoms with van der Waals surface area (Å²) >= 11 is 0. The number of nitrogens with zero attached hydrogens (tertiary/aromatic N) is 1. The molecule has 4 heteroatoms. The van der Waals surface area contributed by atoms with Crippen LogP contribution in [-0.2, 0) is 9.53 Å². The Kier molecular flexibility index (Phi) is 1.40. The number of fused-ring (bicyclic) bond motifs is 1. The zero-order chi connectivity index (χ0) is 7.68. The summed E-state index contributed by atoms with van der Waals surface area (Å²) in [5, 5.41) is 1.75. The zero-order valence-corrected chi connectivity index (χ0v) is 5.86. The van der Waals surface area contributed by atoms with Crippen LogP contribution in [0.3, 0.4) is 0 Å². The molecular weight excluding hydrogens is 144 g/mol. The summed E-state index contributed by atoms with van der Waals surface area (Å²) in [5.74, 6) is 0.713. The highest BCUT2D eigenvalue weighted by molar-refractivity contribution is 5.60. The summed E-state index contributed by atoms with van der Waals surface area (Å²) in [5.41, 5.74) is 3.02. The lowest BCUT2D eigenvalue weighted by Crippen LogP contribution is -2.32. The molecule has 4 nitrogen and oxygen atoms in total. The van der Waals surface area contributed by atoms with Crippen LogP contribution in [0.2, 0.25) is 0 Å². The van der Waals surface area contributed by atoms with Crippen molar-refractivity contribution in [2.45, 2.75) is 6.10 Å². The van der Waals surface area contributed by atoms with Gasteiger partial charge in [-0.25, -0.2) is 5.43 Å². The quantitative estimate of drug-likeness (QED) is 0.526. The zero-order valence-electron chi connectivity index (χ0n) is 5.86. The smallest absolute Gasteiger partial charge is 0.206 e. The van der Waals surface area contributed by atoms with Gasteiger partial charge in [-0.1, -0.05) is 0 Å². The molecule has 0 aromatic carbocycles. The van der Waals surface area contributed by atoms with Gasteiger partial charge in [0.05, 0.1) is 0 Å². The average molecular weight is 152 g/mol. The van der Waals surface area contributed by atoms with Crippen molar-refractivity contribution in [1.82, 2.24) is 10.4 Å². The summed E-state index contributed by atoms with van der Waals surface area (Å²) in [6, 6.07) is 0. The number of hydrogen-bond acceptors (Lipinski definition) is 4. The van der Waals surface area contributed by atoms with E-state index in [4.69, 9.17) is 4.74 Å². The van der Waals surface area contributed by atoms with Gasteiger partial charge >= 0.3 is 0 Å². The van der Waals surface area contributed by atoms with Crippen molar-refractivity contribution in [3.8, 4) is 0 Å². The number of rotatable bonds is 1. The molecule has 1 unspecified atom stereocenters. The van der Waals surface area contributed by atoms with Crippen LogP contribution in [0, 0.1) is 0 Å². The van der Waals surface area contributed by atoms with Crippen LogP contribution in [0.15, 0.2) is 24.2 Å². The fourth-order valence-corrected chi connectivity index (χ4v) is 1.06. The number of hydrazine groups is 1. The molecule has 1 atom stereocenters. The van der Waals surface area contributed by atoms with Crippen LogP contribution in [-0.4, -0.2) is 23.9 Å². The minimum Gasteiger partial charge on any atom is -0.463 e. The Morgan fingerprint density at radius 1 is 1.82 bits per heavy atom. The van der Waals surface area contributed by atoms with Gasteiger partial charge in [0.1, 0.15) is 0 Å². The molecule has 2 heterocycles. The second-order valence-corrected chi connectivity index (χ2v) is 2.33. The van der Waals surface area contributed by atoms with E-state index in [-0.39, 0.29) is 0 Å². The Morgan fingerprint density at radius 3 is 3.55 bits per heavy atom. The molecule has 0 aromatic heterocycles. The molecule has 11 heavy (non-hydrogen) atoms. The highest BCUT2D eigenvalue weighted by Gasteiger charge is 2.21. The van der Waals surface area contributed by atoms with Crippen LogP contribution < -0.4 is 5.43 Å². The molecule has 2 rings (SSSR count). The predicted octanol–water partition coefficient (Wildman–Crippen LogP) is -0.241. The molecule has 0 saturated heterocycles. The molecule has 0 amide bonds. The highest BCUT2D eigenvalue weighted by atomic mass is 16.5. The average Bonchev–Trinajstić information content (AvgIpc) is 2.50. The minimum atomic E-state index is -0.419. The number of ether oxygens (including phenoxy) is 1. The van der Waals surface area contributed by atoms with Crippen LogP contribution in [0.25, 0.3) is 0 Å². The van der Waals surface area contributed by atoms with Gasteiger partial charge in [-0.05, 0) is 12.2 Å². The van der Waals surface area contributed by atoms with E-state index in [0.29, 0.717) is 5.88 Å². The third kappa shape index (κ3) is 1.01. The Bertz CT molecular complexity index is 235. The Balaban J connectivity index is 2.19. The standard InChI is InChI=1S/C7H8N2O2/c10-5-6-2-4-9-7(11-6)1-3-8-9/h1-2,4-6,8H,3H2. The summed E-state index contributed by atoms with van der Waals surface area (Å²) in [4.78, 5) is 10.3. The molecule has 0 radical (unpaired) electrons. The van der Waals surface area contributed by atoms with E-state index in [1.807, 2.05) is 6.08 Å². The van der Waals surface area contributed by atoms with Crippen molar-refractivity contribution in [2.75, 3.05) is 6.54 Å². The first kappa shape index (κ1) is 6.42. The van der Waals surface area contributed by atoms with Gasteiger partial charge in [0.25, 0.3) is 0 Å². The lowest BCUT2D eigenvalue weighted by molar-refractivity contribution is -0.115. The van der Waals surface area contributed by atoms with E-state index in [2.05, 4.69) is 5.43 Å². The Labute approximate surface area is 64.1 Å². The second-order valence-electron chi connectivity index (χ2n) is 2.33. The van der Waals surface area contributed by atoms with Gasteiger partial charge in [-0.3, -0.25) is 9.80 Å². The van der Waals surface area contributed by atoms with Crippen molar-refractivity contribution >= 4 is 6.29 Å². The monoisotopic (exact) mass is 152 g/mol. The third-order valence-corrected chi connectivity index (χ3v) is 1.59. The molecule has 0 fully saturated rings. The fraction of sp³-hybridized carbons (Fsp3) is 0.286. The van der Waals surface area contributed by atoms with Crippen LogP contribution in [0.1, 0.15) is 0 Å². The Hall–Kier alpha value is -1.29. The highest BCUT2D eigenvalue weighted by Crippen LogP contribution is 2.16. The SMILES string of the molecule is O=CC1C=CN2NCC=C2O1. The maximum atomic E-state index is 10.3. The van der Waals surface area contributed by atoms with Gasteiger partial charge in [0, 0.05) is 12.7 Å². The van der Waals surface area contributed by atoms with Gasteiger partial charge in [0.15, 0.2) is 12.4 Å². The van der Waals surface area contributed by atoms with E-state index >= 15 is 0 Å². The predicted molar refractivity (Wildman–Crippen MR) is 38.0 cm³/mol. The van der Waals surface area contributed by atoms with Gasteiger partial charge in [0.2, 0.25) is 5.88 Å². The van der Waals surface area contributed by atoms with Crippen molar-refractivity contribution in [1.29, 1.82) is 0 Å². The van der Waals surface area contributed by atoms with Crippen molar-refractivity contribution in [3.05, 3.63) is 24.2 Å². The summed E-state index contributed by atoms with van der Waals surface area (Å²) in [6.45, 7) is 0.755. The molecule has 1 N–H and O–H groups in total. The van der Waals surface area contributed by atoms with Gasteiger partial charge < -0.3 is 4.74 Å². The molecule has 2 aliphatic rings. The summed E-state index contributed by atoms with van der Waals surface area (Å²) < 4.78 is 5.23. The molecule has 2 aliphatic heterocycles. The van der Waals surface area contributed by atoms with E-state index in [1.165, 1.54) is 0 Å². The van der Waals surface area contributed by atoms with Crippen LogP contribution >= 0.6 is 0 Å². The number of carbonyl (C=O) groups is 1. The fourth-order valence-electron chi connectivity index (χ4n) is 1.06. The molecule has 0 saturated carbocycles. The van der Waals surface area contributed by atoms with E-state index < -0.39 is 6.10 Å².